The summed E-state index contributed by atoms with van der Waals surface area (Å²) in [4.78, 5) is 14.4. The number of pyridine rings is 1. The van der Waals surface area contributed by atoms with Gasteiger partial charge in [0, 0.05) is 50.5 Å². The molecule has 128 valence electrons. The van der Waals surface area contributed by atoms with Crippen LogP contribution in [0.3, 0.4) is 0 Å². The van der Waals surface area contributed by atoms with Gasteiger partial charge in [-0.1, -0.05) is 19.4 Å². The van der Waals surface area contributed by atoms with Gasteiger partial charge < -0.3 is 14.4 Å². The maximum Gasteiger partial charge on any atom is 0.250 e. The van der Waals surface area contributed by atoms with E-state index >= 15 is 0 Å². The molecule has 3 heterocycles. The number of β-amino-alcohol motifs (C(OH)–C–C–N with tert-alkyl or cyclic N) is 1. The Bertz CT molecular complexity index is 572. The Labute approximate surface area is 137 Å². The van der Waals surface area contributed by atoms with Crippen LogP contribution in [0.4, 0.5) is 0 Å². The zero-order valence-electron chi connectivity index (χ0n) is 14.0. The zero-order chi connectivity index (χ0) is 16.2. The fourth-order valence-corrected chi connectivity index (χ4v) is 3.96. The lowest BCUT2D eigenvalue weighted by atomic mass is 9.83. The largest absolute Gasteiger partial charge is 0.389 e. The van der Waals surface area contributed by atoms with Crippen molar-refractivity contribution in [2.75, 3.05) is 32.8 Å². The highest BCUT2D eigenvalue weighted by Crippen LogP contribution is 2.34. The maximum absolute atomic E-state index is 12.0. The molecule has 0 aliphatic carbocycles. The van der Waals surface area contributed by atoms with Crippen molar-refractivity contribution in [3.05, 3.63) is 34.2 Å². The van der Waals surface area contributed by atoms with Crippen LogP contribution in [0.15, 0.2) is 23.0 Å². The van der Waals surface area contributed by atoms with Gasteiger partial charge in [0.05, 0.1) is 12.7 Å². The summed E-state index contributed by atoms with van der Waals surface area (Å²) in [5.41, 5.74) is 1.28. The molecule has 3 atom stereocenters. The second-order valence-electron chi connectivity index (χ2n) is 7.00. The van der Waals surface area contributed by atoms with E-state index in [2.05, 4.69) is 17.9 Å². The molecule has 0 amide bonds. The third kappa shape index (κ3) is 4.03. The van der Waals surface area contributed by atoms with Crippen molar-refractivity contribution in [2.24, 2.45) is 5.92 Å². The second-order valence-corrected chi connectivity index (χ2v) is 7.00. The first kappa shape index (κ1) is 16.7. The Balaban J connectivity index is 1.56. The molecule has 0 radical (unpaired) electrons. The van der Waals surface area contributed by atoms with Gasteiger partial charge in [-0.25, -0.2) is 0 Å². The number of aliphatic hydroxyl groups is 1. The first-order chi connectivity index (χ1) is 11.2. The molecule has 0 aromatic carbocycles. The Kier molecular flexibility index (Phi) is 5.51. The van der Waals surface area contributed by atoms with Crippen LogP contribution >= 0.6 is 0 Å². The highest BCUT2D eigenvalue weighted by molar-refractivity contribution is 5.16. The third-order valence-electron chi connectivity index (χ3n) is 4.98. The number of hydrogen-bond donors (Lipinski definition) is 1. The molecule has 0 saturated carbocycles. The molecule has 1 fully saturated rings. The van der Waals surface area contributed by atoms with Gasteiger partial charge in [-0.2, -0.15) is 0 Å². The van der Waals surface area contributed by atoms with E-state index in [0.717, 1.165) is 51.2 Å². The van der Waals surface area contributed by atoms with Crippen LogP contribution in [0.1, 0.15) is 37.8 Å². The number of aromatic nitrogens is 1. The SMILES string of the molecule is CCCCOCC(O)CN1CC2CC(C1)c1cccc(=O)n1C2. The lowest BCUT2D eigenvalue weighted by Gasteiger charge is -2.43. The van der Waals surface area contributed by atoms with E-state index in [1.165, 1.54) is 0 Å². The van der Waals surface area contributed by atoms with Gasteiger partial charge in [0.15, 0.2) is 0 Å². The summed E-state index contributed by atoms with van der Waals surface area (Å²) < 4.78 is 7.47. The van der Waals surface area contributed by atoms with Crippen molar-refractivity contribution in [3.8, 4) is 0 Å². The molecule has 1 aromatic heterocycles. The highest BCUT2D eigenvalue weighted by Gasteiger charge is 2.34. The van der Waals surface area contributed by atoms with Crippen LogP contribution in [0.2, 0.25) is 0 Å². The average molecular weight is 320 g/mol. The predicted octanol–water partition coefficient (Wildman–Crippen LogP) is 1.44. The third-order valence-corrected chi connectivity index (χ3v) is 4.98. The minimum atomic E-state index is -0.427. The van der Waals surface area contributed by atoms with Crippen LogP contribution in [0.5, 0.6) is 0 Å². The Morgan fingerprint density at radius 2 is 2.22 bits per heavy atom. The summed E-state index contributed by atoms with van der Waals surface area (Å²) >= 11 is 0. The van der Waals surface area contributed by atoms with Crippen molar-refractivity contribution in [1.82, 2.24) is 9.47 Å². The molecule has 1 aromatic rings. The summed E-state index contributed by atoms with van der Waals surface area (Å²) in [6, 6.07) is 5.60. The quantitative estimate of drug-likeness (QED) is 0.773. The van der Waals surface area contributed by atoms with Gasteiger partial charge in [0.25, 0.3) is 5.56 Å². The summed E-state index contributed by atoms with van der Waals surface area (Å²) in [7, 11) is 0. The molecule has 2 bridgehead atoms. The van der Waals surface area contributed by atoms with Crippen LogP contribution < -0.4 is 5.56 Å². The number of rotatable bonds is 7. The van der Waals surface area contributed by atoms with Crippen molar-refractivity contribution in [1.29, 1.82) is 0 Å². The molecule has 3 unspecified atom stereocenters. The number of unbranched alkanes of at least 4 members (excludes halogenated alkanes) is 1. The number of likely N-dealkylation sites (tertiary alicyclic amines) is 1. The summed E-state index contributed by atoms with van der Waals surface area (Å²) in [5.74, 6) is 0.916. The molecule has 2 aliphatic rings. The fraction of sp³-hybridized carbons (Fsp3) is 0.722. The minimum absolute atomic E-state index is 0.120. The maximum atomic E-state index is 12.0. The monoisotopic (exact) mass is 320 g/mol. The van der Waals surface area contributed by atoms with E-state index in [1.54, 1.807) is 6.07 Å². The molecule has 1 N–H and O–H groups in total. The van der Waals surface area contributed by atoms with Gasteiger partial charge in [0.2, 0.25) is 0 Å². The molecular weight excluding hydrogens is 292 g/mol. The van der Waals surface area contributed by atoms with Crippen molar-refractivity contribution in [3.63, 3.8) is 0 Å². The van der Waals surface area contributed by atoms with Crippen molar-refractivity contribution >= 4 is 0 Å². The van der Waals surface area contributed by atoms with Gasteiger partial charge in [-0.15, -0.1) is 0 Å². The van der Waals surface area contributed by atoms with Gasteiger partial charge in [-0.3, -0.25) is 9.69 Å². The fourth-order valence-electron chi connectivity index (χ4n) is 3.96. The topological polar surface area (TPSA) is 54.7 Å². The normalized spacial score (nSPS) is 25.1. The van der Waals surface area contributed by atoms with Gasteiger partial charge in [-0.05, 0) is 24.8 Å². The molecular formula is C18H28N2O3. The molecule has 5 nitrogen and oxygen atoms in total. The lowest BCUT2D eigenvalue weighted by molar-refractivity contribution is 0.00227. The van der Waals surface area contributed by atoms with Crippen LogP contribution in [-0.4, -0.2) is 53.5 Å². The predicted molar refractivity (Wildman–Crippen MR) is 89.7 cm³/mol. The average Bonchev–Trinajstić information content (AvgIpc) is 2.53. The minimum Gasteiger partial charge on any atom is -0.389 e. The summed E-state index contributed by atoms with van der Waals surface area (Å²) in [6.07, 6.45) is 2.89. The Morgan fingerprint density at radius 1 is 1.35 bits per heavy atom. The first-order valence-corrected chi connectivity index (χ1v) is 8.85. The number of fused-ring (bicyclic) bond motifs is 4. The standard InChI is InChI=1S/C18H28N2O3/c1-2-3-7-23-13-16(21)12-19-9-14-8-15(11-19)17-5-4-6-18(22)20(17)10-14/h4-6,14-16,21H,2-3,7-13H2,1H3. The number of ether oxygens (including phenoxy) is 1. The van der Waals surface area contributed by atoms with E-state index in [9.17, 15) is 9.90 Å². The first-order valence-electron chi connectivity index (χ1n) is 8.85. The van der Waals surface area contributed by atoms with Gasteiger partial charge >= 0.3 is 0 Å². The number of piperidine rings is 1. The molecule has 5 heteroatoms. The number of aliphatic hydroxyl groups excluding tert-OH is 1. The second kappa shape index (κ2) is 7.60. The van der Waals surface area contributed by atoms with Crippen LogP contribution in [0, 0.1) is 5.92 Å². The summed E-state index contributed by atoms with van der Waals surface area (Å²) in [6.45, 7) is 6.64. The molecule has 1 saturated heterocycles. The zero-order valence-corrected chi connectivity index (χ0v) is 14.0. The van der Waals surface area contributed by atoms with Crippen molar-refractivity contribution in [2.45, 2.75) is 44.8 Å². The molecule has 23 heavy (non-hydrogen) atoms. The van der Waals surface area contributed by atoms with Gasteiger partial charge in [0.1, 0.15) is 0 Å². The number of nitrogens with zero attached hydrogens (tertiary/aromatic N) is 2. The van der Waals surface area contributed by atoms with Crippen molar-refractivity contribution < 1.29 is 9.84 Å². The van der Waals surface area contributed by atoms with E-state index in [4.69, 9.17) is 4.74 Å². The number of hydrogen-bond acceptors (Lipinski definition) is 4. The smallest absolute Gasteiger partial charge is 0.250 e. The summed E-state index contributed by atoms with van der Waals surface area (Å²) in [5, 5.41) is 10.2. The van der Waals surface area contributed by atoms with E-state index in [-0.39, 0.29) is 5.56 Å². The molecule has 0 spiro atoms. The van der Waals surface area contributed by atoms with E-state index < -0.39 is 6.10 Å². The van der Waals surface area contributed by atoms with Crippen LogP contribution in [0.25, 0.3) is 0 Å². The molecule has 3 rings (SSSR count). The van der Waals surface area contributed by atoms with Crippen LogP contribution in [-0.2, 0) is 11.3 Å². The highest BCUT2D eigenvalue weighted by atomic mass is 16.5. The Morgan fingerprint density at radius 3 is 3.04 bits per heavy atom. The lowest BCUT2D eigenvalue weighted by Crippen LogP contribution is -2.49. The molecule has 2 aliphatic heterocycles. The Hall–Kier alpha value is -1.17. The van der Waals surface area contributed by atoms with E-state index in [1.807, 2.05) is 10.6 Å². The van der Waals surface area contributed by atoms with E-state index in [0.29, 0.717) is 25.0 Å².